The molecule has 188 valence electrons. The Hall–Kier alpha value is -2.86. The molecule has 35 heavy (non-hydrogen) atoms. The SMILES string of the molecule is COc1cc2c(cc1OCC(=O)OC(C)(C)C)C(=O)C(CC1CCN(Cc3ccccc3)CC1)C2. The molecule has 0 aromatic heterocycles. The molecule has 1 fully saturated rings. The van der Waals surface area contributed by atoms with Gasteiger partial charge in [-0.1, -0.05) is 30.3 Å². The molecule has 1 unspecified atom stereocenters. The van der Waals surface area contributed by atoms with Gasteiger partial charge in [0.05, 0.1) is 7.11 Å². The van der Waals surface area contributed by atoms with E-state index in [2.05, 4.69) is 35.2 Å². The summed E-state index contributed by atoms with van der Waals surface area (Å²) in [4.78, 5) is 27.8. The Balaban J connectivity index is 1.33. The van der Waals surface area contributed by atoms with Gasteiger partial charge in [-0.2, -0.15) is 0 Å². The monoisotopic (exact) mass is 479 g/mol. The van der Waals surface area contributed by atoms with E-state index in [9.17, 15) is 9.59 Å². The van der Waals surface area contributed by atoms with Crippen LogP contribution in [-0.2, 0) is 22.5 Å². The maximum atomic E-state index is 13.3. The molecular formula is C29H37NO5. The summed E-state index contributed by atoms with van der Waals surface area (Å²) < 4.78 is 16.5. The summed E-state index contributed by atoms with van der Waals surface area (Å²) in [6.45, 7) is 8.35. The van der Waals surface area contributed by atoms with Crippen LogP contribution in [0.5, 0.6) is 11.5 Å². The van der Waals surface area contributed by atoms with Gasteiger partial charge in [0, 0.05) is 18.0 Å². The van der Waals surface area contributed by atoms with E-state index < -0.39 is 11.6 Å². The molecule has 1 atom stereocenters. The quantitative estimate of drug-likeness (QED) is 0.493. The molecular weight excluding hydrogens is 442 g/mol. The van der Waals surface area contributed by atoms with Crippen molar-refractivity contribution in [3.05, 3.63) is 59.2 Å². The summed E-state index contributed by atoms with van der Waals surface area (Å²) in [7, 11) is 1.57. The number of carbonyl (C=O) groups is 2. The van der Waals surface area contributed by atoms with Crippen molar-refractivity contribution in [1.29, 1.82) is 0 Å². The van der Waals surface area contributed by atoms with Crippen LogP contribution >= 0.6 is 0 Å². The number of methoxy groups -OCH3 is 1. The molecule has 1 heterocycles. The third-order valence-electron chi connectivity index (χ3n) is 6.83. The van der Waals surface area contributed by atoms with Crippen LogP contribution in [0.4, 0.5) is 0 Å². The fourth-order valence-electron chi connectivity index (χ4n) is 5.17. The topological polar surface area (TPSA) is 65.1 Å². The van der Waals surface area contributed by atoms with E-state index >= 15 is 0 Å². The highest BCUT2D eigenvalue weighted by atomic mass is 16.6. The molecule has 0 amide bonds. The number of nitrogens with zero attached hydrogens (tertiary/aromatic N) is 1. The molecule has 2 aromatic rings. The molecule has 4 rings (SSSR count). The zero-order valence-electron chi connectivity index (χ0n) is 21.3. The Kier molecular flexibility index (Phi) is 7.80. The van der Waals surface area contributed by atoms with Crippen molar-refractivity contribution in [3.63, 3.8) is 0 Å². The van der Waals surface area contributed by atoms with E-state index in [1.165, 1.54) is 5.56 Å². The van der Waals surface area contributed by atoms with E-state index in [4.69, 9.17) is 14.2 Å². The highest BCUT2D eigenvalue weighted by molar-refractivity contribution is 6.03. The van der Waals surface area contributed by atoms with Crippen molar-refractivity contribution in [3.8, 4) is 11.5 Å². The van der Waals surface area contributed by atoms with Crippen molar-refractivity contribution in [2.24, 2.45) is 11.8 Å². The molecule has 1 saturated heterocycles. The van der Waals surface area contributed by atoms with Gasteiger partial charge in [-0.25, -0.2) is 4.79 Å². The number of piperidine rings is 1. The number of ketones is 1. The average molecular weight is 480 g/mol. The van der Waals surface area contributed by atoms with Crippen molar-refractivity contribution in [2.45, 2.75) is 58.6 Å². The summed E-state index contributed by atoms with van der Waals surface area (Å²) in [5.74, 6) is 1.23. The predicted molar refractivity (Wildman–Crippen MR) is 135 cm³/mol. The number of hydrogen-bond donors (Lipinski definition) is 0. The molecule has 0 bridgehead atoms. The number of benzene rings is 2. The minimum atomic E-state index is -0.580. The van der Waals surface area contributed by atoms with Crippen LogP contribution in [0.2, 0.25) is 0 Å². The Bertz CT molecular complexity index is 1040. The normalized spacial score (nSPS) is 18.9. The molecule has 1 aliphatic heterocycles. The van der Waals surface area contributed by atoms with E-state index in [0.717, 1.165) is 50.9 Å². The Morgan fingerprint density at radius 2 is 1.77 bits per heavy atom. The lowest BCUT2D eigenvalue weighted by Gasteiger charge is -2.32. The number of esters is 1. The van der Waals surface area contributed by atoms with Gasteiger partial charge in [0.15, 0.2) is 23.9 Å². The van der Waals surface area contributed by atoms with E-state index in [1.54, 1.807) is 13.2 Å². The average Bonchev–Trinajstić information content (AvgIpc) is 3.12. The molecule has 0 spiro atoms. The Labute approximate surface area is 208 Å². The third-order valence-corrected chi connectivity index (χ3v) is 6.83. The number of hydrogen-bond acceptors (Lipinski definition) is 6. The zero-order valence-corrected chi connectivity index (χ0v) is 21.3. The molecule has 0 radical (unpaired) electrons. The largest absolute Gasteiger partial charge is 0.493 e. The van der Waals surface area contributed by atoms with Gasteiger partial charge >= 0.3 is 5.97 Å². The molecule has 0 N–H and O–H groups in total. The number of Topliss-reactive ketones (excluding diaryl/α,β-unsaturated/α-hetero) is 1. The van der Waals surface area contributed by atoms with Crippen LogP contribution < -0.4 is 9.47 Å². The number of carbonyl (C=O) groups excluding carboxylic acids is 2. The summed E-state index contributed by atoms with van der Waals surface area (Å²) in [6, 6.07) is 14.2. The first-order valence-corrected chi connectivity index (χ1v) is 12.6. The van der Waals surface area contributed by atoms with Gasteiger partial charge in [0.25, 0.3) is 0 Å². The second kappa shape index (κ2) is 10.8. The van der Waals surface area contributed by atoms with Crippen LogP contribution in [0.3, 0.4) is 0 Å². The number of ether oxygens (including phenoxy) is 3. The summed E-state index contributed by atoms with van der Waals surface area (Å²) in [5.41, 5.74) is 2.47. The van der Waals surface area contributed by atoms with Crippen LogP contribution in [0.1, 0.15) is 61.5 Å². The first kappa shape index (κ1) is 25.2. The standard InChI is InChI=1S/C29H37NO5/c1-29(2,3)35-27(31)19-34-26-17-24-22(16-25(26)33-4)15-23(28(24)32)14-20-10-12-30(13-11-20)18-21-8-6-5-7-9-21/h5-9,16-17,20,23H,10-15,18-19H2,1-4H3. The number of rotatable bonds is 8. The van der Waals surface area contributed by atoms with E-state index in [1.807, 2.05) is 26.8 Å². The summed E-state index contributed by atoms with van der Waals surface area (Å²) in [6.07, 6.45) is 3.91. The molecule has 2 aromatic carbocycles. The molecule has 6 nitrogen and oxygen atoms in total. The van der Waals surface area contributed by atoms with E-state index in [0.29, 0.717) is 23.0 Å². The third kappa shape index (κ3) is 6.63. The minimum absolute atomic E-state index is 0.00138. The number of likely N-dealkylation sites (tertiary alicyclic amines) is 1. The van der Waals surface area contributed by atoms with E-state index in [-0.39, 0.29) is 18.3 Å². The highest BCUT2D eigenvalue weighted by Crippen LogP contribution is 2.39. The van der Waals surface area contributed by atoms with Gasteiger partial charge < -0.3 is 14.2 Å². The van der Waals surface area contributed by atoms with Crippen molar-refractivity contribution in [2.75, 3.05) is 26.8 Å². The molecule has 0 saturated carbocycles. The first-order chi connectivity index (χ1) is 16.7. The summed E-state index contributed by atoms with van der Waals surface area (Å²) in [5, 5.41) is 0. The molecule has 1 aliphatic carbocycles. The van der Waals surface area contributed by atoms with Gasteiger partial charge in [-0.05, 0) is 88.7 Å². The fraction of sp³-hybridized carbons (Fsp3) is 0.517. The van der Waals surface area contributed by atoms with Crippen molar-refractivity contribution >= 4 is 11.8 Å². The van der Waals surface area contributed by atoms with Crippen LogP contribution in [0.15, 0.2) is 42.5 Å². The first-order valence-electron chi connectivity index (χ1n) is 12.6. The van der Waals surface area contributed by atoms with Crippen molar-refractivity contribution < 1.29 is 23.8 Å². The smallest absolute Gasteiger partial charge is 0.344 e. The lowest BCUT2D eigenvalue weighted by Crippen LogP contribution is -2.34. The highest BCUT2D eigenvalue weighted by Gasteiger charge is 2.34. The van der Waals surface area contributed by atoms with Gasteiger partial charge in [0.2, 0.25) is 0 Å². The number of fused-ring (bicyclic) bond motifs is 1. The minimum Gasteiger partial charge on any atom is -0.493 e. The van der Waals surface area contributed by atoms with Crippen molar-refractivity contribution in [1.82, 2.24) is 4.90 Å². The lowest BCUT2D eigenvalue weighted by atomic mass is 9.85. The van der Waals surface area contributed by atoms with Gasteiger partial charge in [-0.3, -0.25) is 9.69 Å². The zero-order chi connectivity index (χ0) is 25.0. The second-order valence-electron chi connectivity index (χ2n) is 10.7. The Morgan fingerprint density at radius 1 is 1.06 bits per heavy atom. The summed E-state index contributed by atoms with van der Waals surface area (Å²) >= 11 is 0. The second-order valence-corrected chi connectivity index (χ2v) is 10.7. The molecule has 6 heteroatoms. The maximum absolute atomic E-state index is 13.3. The lowest BCUT2D eigenvalue weighted by molar-refractivity contribution is -0.157. The molecule has 2 aliphatic rings. The van der Waals surface area contributed by atoms with Crippen LogP contribution in [0.25, 0.3) is 0 Å². The van der Waals surface area contributed by atoms with Gasteiger partial charge in [-0.15, -0.1) is 0 Å². The van der Waals surface area contributed by atoms with Gasteiger partial charge in [0.1, 0.15) is 5.60 Å². The Morgan fingerprint density at radius 3 is 2.43 bits per heavy atom. The van der Waals surface area contributed by atoms with Crippen LogP contribution in [0, 0.1) is 11.8 Å². The predicted octanol–water partition coefficient (Wildman–Crippen LogP) is 5.07. The maximum Gasteiger partial charge on any atom is 0.344 e. The van der Waals surface area contributed by atoms with Crippen LogP contribution in [-0.4, -0.2) is 49.1 Å². The fourth-order valence-corrected chi connectivity index (χ4v) is 5.17.